The number of nitrogens with zero attached hydrogens (tertiary/aromatic N) is 2. The van der Waals surface area contributed by atoms with E-state index in [9.17, 15) is 4.79 Å². The first-order valence-electron chi connectivity index (χ1n) is 8.82. The Kier molecular flexibility index (Phi) is 4.39. The van der Waals surface area contributed by atoms with Gasteiger partial charge in [-0.05, 0) is 30.5 Å². The van der Waals surface area contributed by atoms with Crippen LogP contribution in [0.2, 0.25) is 0 Å². The molecule has 6 nitrogen and oxygen atoms in total. The van der Waals surface area contributed by atoms with Crippen molar-refractivity contribution in [2.75, 3.05) is 25.4 Å². The summed E-state index contributed by atoms with van der Waals surface area (Å²) in [5.41, 5.74) is 7.16. The van der Waals surface area contributed by atoms with E-state index in [0.717, 1.165) is 36.3 Å². The number of fused-ring (bicyclic) bond motifs is 2. The number of hydrogen-bond donors (Lipinski definition) is 2. The van der Waals surface area contributed by atoms with Gasteiger partial charge in [-0.1, -0.05) is 25.2 Å². The number of aromatic nitrogens is 1. The van der Waals surface area contributed by atoms with E-state index in [1.165, 1.54) is 11.3 Å². The Bertz CT molecular complexity index is 790. The molecule has 1 amide bonds. The van der Waals surface area contributed by atoms with Crippen molar-refractivity contribution >= 4 is 32.6 Å². The number of nitrogens with two attached hydrogens (primary N) is 1. The van der Waals surface area contributed by atoms with Gasteiger partial charge in [-0.15, -0.1) is 0 Å². The molecule has 0 radical (unpaired) electrons. The minimum atomic E-state index is -0.0420. The number of benzene rings is 1. The van der Waals surface area contributed by atoms with Crippen LogP contribution in [-0.4, -0.2) is 53.7 Å². The molecule has 1 aromatic heterocycles. The molecule has 25 heavy (non-hydrogen) atoms. The Balaban J connectivity index is 1.41. The largest absolute Gasteiger partial charge is 0.375 e. The number of nitrogen functional groups attached to an aromatic ring is 1. The van der Waals surface area contributed by atoms with Crippen LogP contribution in [0.25, 0.3) is 10.2 Å². The van der Waals surface area contributed by atoms with E-state index in [0.29, 0.717) is 28.8 Å². The summed E-state index contributed by atoms with van der Waals surface area (Å²) in [6, 6.07) is 6.16. The predicted molar refractivity (Wildman–Crippen MR) is 99.8 cm³/mol. The Morgan fingerprint density at radius 3 is 3.08 bits per heavy atom. The van der Waals surface area contributed by atoms with Crippen LogP contribution >= 0.6 is 11.3 Å². The summed E-state index contributed by atoms with van der Waals surface area (Å²) in [7, 11) is 0. The second-order valence-electron chi connectivity index (χ2n) is 7.36. The third kappa shape index (κ3) is 3.36. The summed E-state index contributed by atoms with van der Waals surface area (Å²) in [6.45, 7) is 7.01. The number of anilines is 1. The molecule has 0 aliphatic carbocycles. The fourth-order valence-corrected chi connectivity index (χ4v) is 4.48. The van der Waals surface area contributed by atoms with Crippen LogP contribution in [0.1, 0.15) is 30.6 Å². The van der Waals surface area contributed by atoms with E-state index < -0.39 is 0 Å². The van der Waals surface area contributed by atoms with Gasteiger partial charge in [-0.3, -0.25) is 9.69 Å². The Morgan fingerprint density at radius 1 is 1.44 bits per heavy atom. The second kappa shape index (κ2) is 6.55. The monoisotopic (exact) mass is 360 g/mol. The van der Waals surface area contributed by atoms with E-state index >= 15 is 0 Å². The van der Waals surface area contributed by atoms with Crippen molar-refractivity contribution in [3.05, 3.63) is 23.8 Å². The lowest BCUT2D eigenvalue weighted by Gasteiger charge is -2.36. The van der Waals surface area contributed by atoms with Gasteiger partial charge < -0.3 is 15.8 Å². The average molecular weight is 360 g/mol. The lowest BCUT2D eigenvalue weighted by atomic mass is 10.0. The first-order valence-corrected chi connectivity index (χ1v) is 9.64. The zero-order valence-electron chi connectivity index (χ0n) is 14.6. The highest BCUT2D eigenvalue weighted by atomic mass is 32.1. The molecule has 3 N–H and O–H groups in total. The molecule has 2 aliphatic heterocycles. The maximum Gasteiger partial charge on any atom is 0.251 e. The lowest BCUT2D eigenvalue weighted by molar-refractivity contribution is -0.0683. The Hall–Kier alpha value is -1.70. The van der Waals surface area contributed by atoms with E-state index in [1.54, 1.807) is 0 Å². The fourth-order valence-electron chi connectivity index (χ4n) is 3.76. The van der Waals surface area contributed by atoms with Gasteiger partial charge in [0.25, 0.3) is 5.91 Å². The number of rotatable bonds is 3. The molecule has 0 unspecified atom stereocenters. The third-order valence-electron chi connectivity index (χ3n) is 5.19. The highest BCUT2D eigenvalue weighted by Gasteiger charge is 2.38. The SMILES string of the molecule is CC(C)[C@@H]1CN2C[C@@H](NC(=O)c3ccc4sc(N)nc4c3)C[C@H]2CO1. The van der Waals surface area contributed by atoms with E-state index in [1.807, 2.05) is 18.2 Å². The molecular formula is C18H24N4O2S. The van der Waals surface area contributed by atoms with Crippen molar-refractivity contribution in [1.29, 1.82) is 0 Å². The normalized spacial score (nSPS) is 26.9. The summed E-state index contributed by atoms with van der Waals surface area (Å²) in [6.07, 6.45) is 1.24. The molecule has 3 atom stereocenters. The molecule has 0 spiro atoms. The van der Waals surface area contributed by atoms with Gasteiger partial charge in [0.2, 0.25) is 0 Å². The van der Waals surface area contributed by atoms with E-state index in [2.05, 4.69) is 29.0 Å². The Labute approximate surface area is 151 Å². The average Bonchev–Trinajstić information content (AvgIpc) is 3.14. The number of amides is 1. The number of carbonyl (C=O) groups excluding carboxylic acids is 1. The van der Waals surface area contributed by atoms with Crippen LogP contribution < -0.4 is 11.1 Å². The molecular weight excluding hydrogens is 336 g/mol. The summed E-state index contributed by atoms with van der Waals surface area (Å²) in [5, 5.41) is 3.70. The van der Waals surface area contributed by atoms with Crippen LogP contribution in [0, 0.1) is 5.92 Å². The van der Waals surface area contributed by atoms with Gasteiger partial charge >= 0.3 is 0 Å². The summed E-state index contributed by atoms with van der Waals surface area (Å²) in [5.74, 6) is 0.478. The molecule has 1 aromatic carbocycles. The number of thiazole rings is 1. The quantitative estimate of drug-likeness (QED) is 0.876. The van der Waals surface area contributed by atoms with Crippen LogP contribution in [0.15, 0.2) is 18.2 Å². The number of hydrogen-bond acceptors (Lipinski definition) is 6. The van der Waals surface area contributed by atoms with Gasteiger partial charge in [-0.2, -0.15) is 0 Å². The maximum atomic E-state index is 12.6. The van der Waals surface area contributed by atoms with Crippen molar-refractivity contribution in [1.82, 2.24) is 15.2 Å². The van der Waals surface area contributed by atoms with Crippen LogP contribution in [0.5, 0.6) is 0 Å². The van der Waals surface area contributed by atoms with Crippen molar-refractivity contribution in [2.24, 2.45) is 5.92 Å². The van der Waals surface area contributed by atoms with Crippen molar-refractivity contribution in [3.63, 3.8) is 0 Å². The topological polar surface area (TPSA) is 80.5 Å². The van der Waals surface area contributed by atoms with Crippen molar-refractivity contribution < 1.29 is 9.53 Å². The van der Waals surface area contributed by atoms with Crippen LogP contribution in [-0.2, 0) is 4.74 Å². The zero-order chi connectivity index (χ0) is 17.6. The molecule has 2 aliphatic rings. The molecule has 3 heterocycles. The van der Waals surface area contributed by atoms with Crippen LogP contribution in [0.4, 0.5) is 5.13 Å². The standard InChI is InChI=1S/C18H24N4O2S/c1-10(2)15-8-22-7-12(6-13(22)9-24-15)20-17(23)11-3-4-16-14(5-11)21-18(19)25-16/h3-5,10,12-13,15H,6-9H2,1-2H3,(H2,19,21)(H,20,23)/t12-,13-,15-/m0/s1. The molecule has 7 heteroatoms. The highest BCUT2D eigenvalue weighted by molar-refractivity contribution is 7.22. The minimum absolute atomic E-state index is 0.0420. The molecule has 2 fully saturated rings. The Morgan fingerprint density at radius 2 is 2.28 bits per heavy atom. The van der Waals surface area contributed by atoms with Crippen molar-refractivity contribution in [2.45, 2.75) is 38.5 Å². The smallest absolute Gasteiger partial charge is 0.251 e. The maximum absolute atomic E-state index is 12.6. The molecule has 4 rings (SSSR count). The van der Waals surface area contributed by atoms with E-state index in [-0.39, 0.29) is 11.9 Å². The minimum Gasteiger partial charge on any atom is -0.375 e. The predicted octanol–water partition coefficient (Wildman–Crippen LogP) is 2.11. The second-order valence-corrected chi connectivity index (χ2v) is 8.43. The number of ether oxygens (including phenoxy) is 1. The van der Waals surface area contributed by atoms with Gasteiger partial charge in [-0.25, -0.2) is 4.98 Å². The lowest BCUT2D eigenvalue weighted by Crippen LogP contribution is -2.48. The van der Waals surface area contributed by atoms with Gasteiger partial charge in [0, 0.05) is 30.7 Å². The molecule has 2 aromatic rings. The van der Waals surface area contributed by atoms with Gasteiger partial charge in [0.1, 0.15) is 0 Å². The number of carbonyl (C=O) groups is 1. The molecule has 0 bridgehead atoms. The molecule has 2 saturated heterocycles. The van der Waals surface area contributed by atoms with Crippen molar-refractivity contribution in [3.8, 4) is 0 Å². The molecule has 0 saturated carbocycles. The van der Waals surface area contributed by atoms with Gasteiger partial charge in [0.15, 0.2) is 5.13 Å². The highest BCUT2D eigenvalue weighted by Crippen LogP contribution is 2.27. The zero-order valence-corrected chi connectivity index (χ0v) is 15.4. The molecule has 134 valence electrons. The number of morpholine rings is 1. The first-order chi connectivity index (χ1) is 12.0. The van der Waals surface area contributed by atoms with Gasteiger partial charge in [0.05, 0.1) is 22.9 Å². The summed E-state index contributed by atoms with van der Waals surface area (Å²) < 4.78 is 6.97. The number of nitrogens with one attached hydrogen (secondary N) is 1. The third-order valence-corrected chi connectivity index (χ3v) is 6.06. The summed E-state index contributed by atoms with van der Waals surface area (Å²) in [4.78, 5) is 19.3. The first kappa shape index (κ1) is 16.8. The van der Waals surface area contributed by atoms with E-state index in [4.69, 9.17) is 10.5 Å². The van der Waals surface area contributed by atoms with Crippen LogP contribution in [0.3, 0.4) is 0 Å². The fraction of sp³-hybridized carbons (Fsp3) is 0.556. The summed E-state index contributed by atoms with van der Waals surface area (Å²) >= 11 is 1.44.